The number of rotatable bonds is 7. The fourth-order valence-electron chi connectivity index (χ4n) is 1.33. The Hall–Kier alpha value is -2.05. The number of hydrogen-bond acceptors (Lipinski definition) is 4. The SMILES string of the molecule is Cc1cc(CNC(=O)NCCCCC(=O)O)on1. The molecule has 7 heteroatoms. The van der Waals surface area contributed by atoms with E-state index in [1.807, 2.05) is 0 Å². The van der Waals surface area contributed by atoms with E-state index in [-0.39, 0.29) is 19.0 Å². The van der Waals surface area contributed by atoms with Crippen molar-refractivity contribution in [2.75, 3.05) is 6.54 Å². The van der Waals surface area contributed by atoms with Gasteiger partial charge in [-0.25, -0.2) is 4.79 Å². The number of aromatic nitrogens is 1. The second kappa shape index (κ2) is 7.31. The number of aliphatic carboxylic acids is 1. The van der Waals surface area contributed by atoms with Crippen molar-refractivity contribution in [1.29, 1.82) is 0 Å². The van der Waals surface area contributed by atoms with E-state index in [2.05, 4.69) is 15.8 Å². The van der Waals surface area contributed by atoms with E-state index >= 15 is 0 Å². The molecular weight excluding hydrogens is 238 g/mol. The summed E-state index contributed by atoms with van der Waals surface area (Å²) in [5, 5.41) is 17.4. The summed E-state index contributed by atoms with van der Waals surface area (Å²) >= 11 is 0. The molecule has 1 aromatic heterocycles. The third kappa shape index (κ3) is 5.88. The van der Waals surface area contributed by atoms with Crippen LogP contribution in [0.25, 0.3) is 0 Å². The van der Waals surface area contributed by atoms with E-state index in [1.54, 1.807) is 13.0 Å². The second-order valence-corrected chi connectivity index (χ2v) is 3.89. The highest BCUT2D eigenvalue weighted by Crippen LogP contribution is 2.00. The van der Waals surface area contributed by atoms with Gasteiger partial charge in [0, 0.05) is 19.0 Å². The number of carboxylic acid groups (broad SMARTS) is 1. The molecule has 0 aromatic carbocycles. The third-order valence-electron chi connectivity index (χ3n) is 2.20. The number of aryl methyl sites for hydroxylation is 1. The minimum atomic E-state index is -0.819. The van der Waals surface area contributed by atoms with Crippen molar-refractivity contribution >= 4 is 12.0 Å². The molecule has 0 bridgehead atoms. The van der Waals surface area contributed by atoms with Gasteiger partial charge in [0.2, 0.25) is 0 Å². The molecule has 0 saturated heterocycles. The summed E-state index contributed by atoms with van der Waals surface area (Å²) in [5.41, 5.74) is 0.765. The number of carboxylic acids is 1. The Bertz CT molecular complexity index is 403. The number of carbonyl (C=O) groups excluding carboxylic acids is 1. The highest BCUT2D eigenvalue weighted by atomic mass is 16.5. The topological polar surface area (TPSA) is 104 Å². The number of carbonyl (C=O) groups is 2. The molecule has 0 saturated carbocycles. The lowest BCUT2D eigenvalue weighted by Gasteiger charge is -2.05. The summed E-state index contributed by atoms with van der Waals surface area (Å²) in [4.78, 5) is 21.6. The first-order chi connectivity index (χ1) is 8.58. The van der Waals surface area contributed by atoms with Crippen LogP contribution in [0.2, 0.25) is 0 Å². The Morgan fingerprint density at radius 1 is 1.39 bits per heavy atom. The average molecular weight is 255 g/mol. The molecule has 1 aromatic rings. The van der Waals surface area contributed by atoms with Crippen LogP contribution in [0.3, 0.4) is 0 Å². The average Bonchev–Trinajstić information content (AvgIpc) is 2.71. The van der Waals surface area contributed by atoms with Gasteiger partial charge in [0.05, 0.1) is 12.2 Å². The van der Waals surface area contributed by atoms with Gasteiger partial charge >= 0.3 is 12.0 Å². The van der Waals surface area contributed by atoms with Gasteiger partial charge in [0.15, 0.2) is 5.76 Å². The number of amides is 2. The van der Waals surface area contributed by atoms with E-state index in [1.165, 1.54) is 0 Å². The lowest BCUT2D eigenvalue weighted by atomic mass is 10.2. The zero-order valence-electron chi connectivity index (χ0n) is 10.2. The molecule has 0 aliphatic carbocycles. The van der Waals surface area contributed by atoms with Crippen LogP contribution in [-0.4, -0.2) is 28.8 Å². The summed E-state index contributed by atoms with van der Waals surface area (Å²) in [5.74, 6) is -0.228. The van der Waals surface area contributed by atoms with E-state index in [9.17, 15) is 9.59 Å². The first-order valence-corrected chi connectivity index (χ1v) is 5.73. The maximum Gasteiger partial charge on any atom is 0.315 e. The highest BCUT2D eigenvalue weighted by molar-refractivity contribution is 5.73. The van der Waals surface area contributed by atoms with Crippen LogP contribution in [0.15, 0.2) is 10.6 Å². The van der Waals surface area contributed by atoms with Gasteiger partial charge < -0.3 is 20.3 Å². The van der Waals surface area contributed by atoms with Gasteiger partial charge in [-0.15, -0.1) is 0 Å². The molecule has 1 heterocycles. The van der Waals surface area contributed by atoms with Crippen LogP contribution in [0.5, 0.6) is 0 Å². The molecule has 100 valence electrons. The standard InChI is InChI=1S/C11H17N3O4/c1-8-6-9(18-14-8)7-13-11(17)12-5-3-2-4-10(15)16/h6H,2-5,7H2,1H3,(H,15,16)(H2,12,13,17). The lowest BCUT2D eigenvalue weighted by molar-refractivity contribution is -0.137. The first-order valence-electron chi connectivity index (χ1n) is 5.73. The van der Waals surface area contributed by atoms with Gasteiger partial charge in [-0.2, -0.15) is 0 Å². The van der Waals surface area contributed by atoms with Crippen LogP contribution in [-0.2, 0) is 11.3 Å². The minimum Gasteiger partial charge on any atom is -0.481 e. The molecule has 1 rings (SSSR count). The Morgan fingerprint density at radius 3 is 2.78 bits per heavy atom. The van der Waals surface area contributed by atoms with Crippen LogP contribution in [0.1, 0.15) is 30.7 Å². The Kier molecular flexibility index (Phi) is 5.69. The van der Waals surface area contributed by atoms with E-state index < -0.39 is 5.97 Å². The van der Waals surface area contributed by atoms with Crippen LogP contribution < -0.4 is 10.6 Å². The molecule has 0 unspecified atom stereocenters. The lowest BCUT2D eigenvalue weighted by Crippen LogP contribution is -2.35. The predicted octanol–water partition coefficient (Wildman–Crippen LogP) is 1.04. The normalized spacial score (nSPS) is 10.1. The number of unbranched alkanes of at least 4 members (excludes halogenated alkanes) is 1. The fraction of sp³-hybridized carbons (Fsp3) is 0.545. The van der Waals surface area contributed by atoms with Crippen molar-refractivity contribution in [2.24, 2.45) is 0 Å². The molecule has 0 radical (unpaired) electrons. The summed E-state index contributed by atoms with van der Waals surface area (Å²) < 4.78 is 4.93. The highest BCUT2D eigenvalue weighted by Gasteiger charge is 2.04. The van der Waals surface area contributed by atoms with Gasteiger partial charge in [0.1, 0.15) is 0 Å². The van der Waals surface area contributed by atoms with E-state index in [4.69, 9.17) is 9.63 Å². The molecule has 0 spiro atoms. The molecule has 3 N–H and O–H groups in total. The van der Waals surface area contributed by atoms with Gasteiger partial charge in [-0.3, -0.25) is 4.79 Å². The number of nitrogens with zero attached hydrogens (tertiary/aromatic N) is 1. The molecular formula is C11H17N3O4. The van der Waals surface area contributed by atoms with E-state index in [0.717, 1.165) is 5.69 Å². The third-order valence-corrected chi connectivity index (χ3v) is 2.20. The molecule has 0 fully saturated rings. The first kappa shape index (κ1) is 14.0. The quantitative estimate of drug-likeness (QED) is 0.631. The van der Waals surface area contributed by atoms with Crippen LogP contribution in [0.4, 0.5) is 4.79 Å². The molecule has 0 aliphatic heterocycles. The van der Waals surface area contributed by atoms with Crippen molar-refractivity contribution < 1.29 is 19.2 Å². The summed E-state index contributed by atoms with van der Waals surface area (Å²) in [7, 11) is 0. The minimum absolute atomic E-state index is 0.126. The Labute approximate surface area is 105 Å². The number of nitrogens with one attached hydrogen (secondary N) is 2. The van der Waals surface area contributed by atoms with Gasteiger partial charge in [-0.1, -0.05) is 5.16 Å². The maximum absolute atomic E-state index is 11.3. The Balaban J connectivity index is 2.05. The zero-order valence-corrected chi connectivity index (χ0v) is 10.2. The molecule has 7 nitrogen and oxygen atoms in total. The maximum atomic E-state index is 11.3. The second-order valence-electron chi connectivity index (χ2n) is 3.89. The van der Waals surface area contributed by atoms with Crippen molar-refractivity contribution in [1.82, 2.24) is 15.8 Å². The number of hydrogen-bond donors (Lipinski definition) is 3. The van der Waals surface area contributed by atoms with Crippen LogP contribution in [0, 0.1) is 6.92 Å². The smallest absolute Gasteiger partial charge is 0.315 e. The van der Waals surface area contributed by atoms with Crippen molar-refractivity contribution in [3.63, 3.8) is 0 Å². The zero-order chi connectivity index (χ0) is 13.4. The van der Waals surface area contributed by atoms with Crippen molar-refractivity contribution in [3.05, 3.63) is 17.5 Å². The molecule has 0 atom stereocenters. The monoisotopic (exact) mass is 255 g/mol. The van der Waals surface area contributed by atoms with Gasteiger partial charge in [-0.05, 0) is 19.8 Å². The van der Waals surface area contributed by atoms with Crippen molar-refractivity contribution in [2.45, 2.75) is 32.7 Å². The molecule has 0 aliphatic rings. The van der Waals surface area contributed by atoms with Gasteiger partial charge in [0.25, 0.3) is 0 Å². The largest absolute Gasteiger partial charge is 0.481 e. The molecule has 2 amide bonds. The number of urea groups is 1. The van der Waals surface area contributed by atoms with Crippen LogP contribution >= 0.6 is 0 Å². The Morgan fingerprint density at radius 2 is 2.17 bits per heavy atom. The van der Waals surface area contributed by atoms with Crippen molar-refractivity contribution in [3.8, 4) is 0 Å². The fourth-order valence-corrected chi connectivity index (χ4v) is 1.33. The summed E-state index contributed by atoms with van der Waals surface area (Å²) in [6.45, 7) is 2.53. The summed E-state index contributed by atoms with van der Waals surface area (Å²) in [6, 6.07) is 1.44. The van der Waals surface area contributed by atoms with E-state index in [0.29, 0.717) is 25.1 Å². The molecule has 18 heavy (non-hydrogen) atoms. The predicted molar refractivity (Wildman–Crippen MR) is 63.0 cm³/mol. The summed E-state index contributed by atoms with van der Waals surface area (Å²) in [6.07, 6.45) is 1.32.